The second-order valence-corrected chi connectivity index (χ2v) is 5.55. The molecule has 0 rings (SSSR count). The van der Waals surface area contributed by atoms with Crippen molar-refractivity contribution in [2.75, 3.05) is 36.2 Å². The SMILES string of the molecule is OCC(O)CSCC(O)CSCC(O)CO. The summed E-state index contributed by atoms with van der Waals surface area (Å²) in [5.74, 6) is 1.77. The van der Waals surface area contributed by atoms with Gasteiger partial charge < -0.3 is 25.5 Å². The zero-order valence-electron chi connectivity index (χ0n) is 9.03. The number of aliphatic hydroxyl groups is 5. The molecule has 0 aromatic heterocycles. The van der Waals surface area contributed by atoms with Crippen LogP contribution in [0.15, 0.2) is 0 Å². The molecule has 0 radical (unpaired) electrons. The molecule has 0 heterocycles. The molecule has 2 atom stereocenters. The Bertz CT molecular complexity index is 145. The van der Waals surface area contributed by atoms with E-state index in [1.165, 1.54) is 23.5 Å². The molecular weight excluding hydrogens is 252 g/mol. The predicted octanol–water partition coefficient (Wildman–Crippen LogP) is -1.48. The van der Waals surface area contributed by atoms with E-state index in [1.54, 1.807) is 0 Å². The summed E-state index contributed by atoms with van der Waals surface area (Å²) in [6, 6.07) is 0. The fraction of sp³-hybridized carbons (Fsp3) is 1.00. The van der Waals surface area contributed by atoms with Crippen molar-refractivity contribution in [3.8, 4) is 0 Å². The van der Waals surface area contributed by atoms with Crippen LogP contribution in [0.2, 0.25) is 0 Å². The van der Waals surface area contributed by atoms with Gasteiger partial charge in [0.1, 0.15) is 0 Å². The normalized spacial score (nSPS) is 17.1. The van der Waals surface area contributed by atoms with E-state index in [2.05, 4.69) is 0 Å². The van der Waals surface area contributed by atoms with Gasteiger partial charge in [-0.3, -0.25) is 0 Å². The molecule has 0 bridgehead atoms. The van der Waals surface area contributed by atoms with Crippen molar-refractivity contribution in [3.63, 3.8) is 0 Å². The zero-order chi connectivity index (χ0) is 12.4. The van der Waals surface area contributed by atoms with Gasteiger partial charge in [-0.15, -0.1) is 0 Å². The van der Waals surface area contributed by atoms with E-state index in [1.807, 2.05) is 0 Å². The van der Waals surface area contributed by atoms with Crippen molar-refractivity contribution in [2.45, 2.75) is 18.3 Å². The first kappa shape index (κ1) is 16.5. The molecule has 0 aliphatic heterocycles. The molecular formula is C9H20O5S2. The van der Waals surface area contributed by atoms with Crippen LogP contribution in [-0.4, -0.2) is 80.1 Å². The maximum absolute atomic E-state index is 9.49. The number of rotatable bonds is 10. The summed E-state index contributed by atoms with van der Waals surface area (Å²) in [5, 5.41) is 44.7. The molecule has 2 unspecified atom stereocenters. The van der Waals surface area contributed by atoms with Gasteiger partial charge in [0.05, 0.1) is 31.5 Å². The van der Waals surface area contributed by atoms with E-state index in [-0.39, 0.29) is 13.2 Å². The number of hydrogen-bond donors (Lipinski definition) is 5. The lowest BCUT2D eigenvalue weighted by Crippen LogP contribution is -2.20. The highest BCUT2D eigenvalue weighted by atomic mass is 32.2. The second-order valence-electron chi connectivity index (χ2n) is 3.40. The summed E-state index contributed by atoms with van der Waals surface area (Å²) in [7, 11) is 0. The third-order valence-corrected chi connectivity index (χ3v) is 4.14. The van der Waals surface area contributed by atoms with Gasteiger partial charge in [-0.1, -0.05) is 0 Å². The van der Waals surface area contributed by atoms with Gasteiger partial charge in [0.25, 0.3) is 0 Å². The lowest BCUT2D eigenvalue weighted by molar-refractivity contribution is 0.113. The molecule has 0 saturated heterocycles. The lowest BCUT2D eigenvalue weighted by Gasteiger charge is -2.12. The molecule has 16 heavy (non-hydrogen) atoms. The Hall–Kier alpha value is 0.500. The van der Waals surface area contributed by atoms with E-state index in [4.69, 9.17) is 20.4 Å². The van der Waals surface area contributed by atoms with Crippen LogP contribution < -0.4 is 0 Å². The van der Waals surface area contributed by atoms with Gasteiger partial charge in [0.15, 0.2) is 0 Å². The Morgan fingerprint density at radius 1 is 0.625 bits per heavy atom. The molecule has 0 spiro atoms. The summed E-state index contributed by atoms with van der Waals surface area (Å²) >= 11 is 2.75. The van der Waals surface area contributed by atoms with Gasteiger partial charge in [-0.05, 0) is 0 Å². The molecule has 0 aliphatic carbocycles. The molecule has 0 saturated carbocycles. The van der Waals surface area contributed by atoms with Crippen molar-refractivity contribution >= 4 is 23.5 Å². The molecule has 0 amide bonds. The van der Waals surface area contributed by atoms with E-state index in [9.17, 15) is 5.11 Å². The molecule has 5 N–H and O–H groups in total. The van der Waals surface area contributed by atoms with Crippen LogP contribution in [0, 0.1) is 0 Å². The van der Waals surface area contributed by atoms with Gasteiger partial charge in [-0.25, -0.2) is 0 Å². The van der Waals surface area contributed by atoms with Crippen molar-refractivity contribution in [3.05, 3.63) is 0 Å². The minimum absolute atomic E-state index is 0.263. The molecule has 0 aliphatic rings. The maximum Gasteiger partial charge on any atom is 0.0861 e. The van der Waals surface area contributed by atoms with Crippen LogP contribution in [0.5, 0.6) is 0 Å². The minimum atomic E-state index is -0.735. The molecule has 98 valence electrons. The second kappa shape index (κ2) is 10.6. The molecule has 0 aromatic rings. The summed E-state index contributed by atoms with van der Waals surface area (Å²) in [5.41, 5.74) is 0. The molecule has 0 aromatic carbocycles. The Kier molecular flexibility index (Phi) is 11.0. The van der Waals surface area contributed by atoms with Gasteiger partial charge >= 0.3 is 0 Å². The van der Waals surface area contributed by atoms with E-state index in [0.717, 1.165) is 0 Å². The first-order chi connectivity index (χ1) is 7.60. The average Bonchev–Trinajstić information content (AvgIpc) is 2.28. The Morgan fingerprint density at radius 3 is 1.25 bits per heavy atom. The fourth-order valence-electron chi connectivity index (χ4n) is 0.834. The topological polar surface area (TPSA) is 101 Å². The van der Waals surface area contributed by atoms with Crippen LogP contribution in [0.3, 0.4) is 0 Å². The zero-order valence-corrected chi connectivity index (χ0v) is 10.7. The summed E-state index contributed by atoms with van der Waals surface area (Å²) in [6.45, 7) is -0.527. The predicted molar refractivity (Wildman–Crippen MR) is 66.8 cm³/mol. The molecule has 5 nitrogen and oxygen atoms in total. The lowest BCUT2D eigenvalue weighted by atomic mass is 10.4. The van der Waals surface area contributed by atoms with Crippen molar-refractivity contribution in [2.24, 2.45) is 0 Å². The fourth-order valence-corrected chi connectivity index (χ4v) is 2.79. The Labute approximate surface area is 104 Å². The largest absolute Gasteiger partial charge is 0.394 e. The first-order valence-electron chi connectivity index (χ1n) is 5.01. The number of thioether (sulfide) groups is 2. The highest BCUT2D eigenvalue weighted by Gasteiger charge is 2.09. The summed E-state index contributed by atoms with van der Waals surface area (Å²) < 4.78 is 0. The first-order valence-corrected chi connectivity index (χ1v) is 7.32. The molecule has 0 fully saturated rings. The highest BCUT2D eigenvalue weighted by molar-refractivity contribution is 8.00. The van der Waals surface area contributed by atoms with Crippen LogP contribution >= 0.6 is 23.5 Å². The maximum atomic E-state index is 9.49. The molecule has 7 heteroatoms. The standard InChI is InChI=1S/C9H20O5S2/c10-1-7(12)3-15-5-9(14)6-16-4-8(13)2-11/h7-14H,1-6H2. The highest BCUT2D eigenvalue weighted by Crippen LogP contribution is 2.11. The minimum Gasteiger partial charge on any atom is -0.394 e. The van der Waals surface area contributed by atoms with Crippen molar-refractivity contribution in [1.82, 2.24) is 0 Å². The van der Waals surface area contributed by atoms with Crippen LogP contribution in [0.1, 0.15) is 0 Å². The number of hydrogen-bond acceptors (Lipinski definition) is 7. The van der Waals surface area contributed by atoms with Gasteiger partial charge in [0, 0.05) is 23.0 Å². The smallest absolute Gasteiger partial charge is 0.0861 e. The van der Waals surface area contributed by atoms with Crippen molar-refractivity contribution in [1.29, 1.82) is 0 Å². The van der Waals surface area contributed by atoms with Crippen LogP contribution in [0.25, 0.3) is 0 Å². The summed E-state index contributed by atoms with van der Waals surface area (Å²) in [6.07, 6.45) is -1.98. The summed E-state index contributed by atoms with van der Waals surface area (Å²) in [4.78, 5) is 0. The number of aliphatic hydroxyl groups excluding tert-OH is 5. The van der Waals surface area contributed by atoms with Gasteiger partial charge in [-0.2, -0.15) is 23.5 Å². The third kappa shape index (κ3) is 9.71. The van der Waals surface area contributed by atoms with E-state index >= 15 is 0 Å². The van der Waals surface area contributed by atoms with Crippen LogP contribution in [0.4, 0.5) is 0 Å². The Morgan fingerprint density at radius 2 is 0.938 bits per heavy atom. The van der Waals surface area contributed by atoms with Gasteiger partial charge in [0.2, 0.25) is 0 Å². The van der Waals surface area contributed by atoms with E-state index in [0.29, 0.717) is 23.0 Å². The van der Waals surface area contributed by atoms with Crippen LogP contribution in [-0.2, 0) is 0 Å². The third-order valence-electron chi connectivity index (χ3n) is 1.66. The Balaban J connectivity index is 3.34. The van der Waals surface area contributed by atoms with E-state index < -0.39 is 18.3 Å². The average molecular weight is 272 g/mol. The monoisotopic (exact) mass is 272 g/mol. The quantitative estimate of drug-likeness (QED) is 0.331. The van der Waals surface area contributed by atoms with Crippen molar-refractivity contribution < 1.29 is 25.5 Å².